The average molecular weight is 532 g/mol. The Bertz CT molecular complexity index is 991. The minimum Gasteiger partial charge on any atom is -0.351 e. The second-order valence-electron chi connectivity index (χ2n) is 10.4. The topological polar surface area (TPSA) is 69.9 Å². The summed E-state index contributed by atoms with van der Waals surface area (Å²) in [5, 5.41) is 1.43. The van der Waals surface area contributed by atoms with Crippen LogP contribution in [-0.2, 0) is 4.79 Å². The zero-order chi connectivity index (χ0) is 25.8. The van der Waals surface area contributed by atoms with E-state index in [1.165, 1.54) is 11.1 Å². The minimum absolute atomic E-state index is 0.0520. The van der Waals surface area contributed by atoms with Crippen LogP contribution in [0.5, 0.6) is 0 Å². The number of hydrogen-bond acceptors (Lipinski definition) is 3. The number of primary amides is 1. The van der Waals surface area contributed by atoms with E-state index in [1.807, 2.05) is 24.3 Å². The molecule has 2 aliphatic rings. The van der Waals surface area contributed by atoms with Gasteiger partial charge in [-0.15, -0.1) is 0 Å². The average Bonchev–Trinajstić information content (AvgIpc) is 2.86. The van der Waals surface area contributed by atoms with Crippen LogP contribution in [0.3, 0.4) is 0 Å². The highest BCUT2D eigenvalue weighted by molar-refractivity contribution is 6.30. The van der Waals surface area contributed by atoms with Crippen molar-refractivity contribution in [3.8, 4) is 0 Å². The molecular weight excluding hydrogens is 495 g/mol. The van der Waals surface area contributed by atoms with Crippen LogP contribution in [0, 0.1) is 11.8 Å². The molecule has 0 aliphatic carbocycles. The third-order valence-corrected chi connectivity index (χ3v) is 8.17. The van der Waals surface area contributed by atoms with Gasteiger partial charge in [-0.25, -0.2) is 4.79 Å². The summed E-state index contributed by atoms with van der Waals surface area (Å²) in [5.41, 5.74) is 7.76. The number of carbonyl (C=O) groups excluding carboxylic acids is 2. The van der Waals surface area contributed by atoms with Crippen LogP contribution < -0.4 is 5.73 Å². The van der Waals surface area contributed by atoms with Crippen LogP contribution in [0.4, 0.5) is 4.79 Å². The predicted octanol–water partition coefficient (Wildman–Crippen LogP) is 5.43. The number of benzene rings is 2. The van der Waals surface area contributed by atoms with Gasteiger partial charge in [-0.05, 0) is 60.1 Å². The molecule has 2 aromatic carbocycles. The smallest absolute Gasteiger partial charge is 0.314 e. The Kier molecular flexibility index (Phi) is 8.81. The Labute approximate surface area is 224 Å². The standard InChI is InChI=1S/C28H36Cl2N4O2/c1-19(2)25-18-33(15-16-34(25)26(35)17-20-11-13-32(14-12-20)28(31)36)27(21-3-7-23(29)8-4-21)22-5-9-24(30)10-6-22/h3-10,19-20,25,27H,11-18H2,1-2H3,(H2,31,36). The molecule has 1 atom stereocenters. The fraction of sp³-hybridized carbons (Fsp3) is 0.500. The summed E-state index contributed by atoms with van der Waals surface area (Å²) in [6.07, 6.45) is 2.19. The molecule has 8 heteroatoms. The Morgan fingerprint density at radius 2 is 1.42 bits per heavy atom. The van der Waals surface area contributed by atoms with Gasteiger partial charge in [-0.1, -0.05) is 61.3 Å². The summed E-state index contributed by atoms with van der Waals surface area (Å²) in [4.78, 5) is 31.1. The van der Waals surface area contributed by atoms with E-state index in [9.17, 15) is 9.59 Å². The Balaban J connectivity index is 1.49. The molecule has 0 spiro atoms. The van der Waals surface area contributed by atoms with Gasteiger partial charge in [0.2, 0.25) is 5.91 Å². The molecule has 2 N–H and O–H groups in total. The fourth-order valence-corrected chi connectivity index (χ4v) is 5.82. The molecule has 2 aliphatic heterocycles. The zero-order valence-corrected chi connectivity index (χ0v) is 22.6. The molecule has 6 nitrogen and oxygen atoms in total. The van der Waals surface area contributed by atoms with Crippen LogP contribution in [0.2, 0.25) is 10.0 Å². The number of likely N-dealkylation sites (tertiary alicyclic amines) is 1. The van der Waals surface area contributed by atoms with Gasteiger partial charge in [0, 0.05) is 55.2 Å². The highest BCUT2D eigenvalue weighted by Gasteiger charge is 2.37. The van der Waals surface area contributed by atoms with Crippen molar-refractivity contribution in [2.75, 3.05) is 32.7 Å². The normalized spacial score (nSPS) is 19.8. The first-order valence-electron chi connectivity index (χ1n) is 12.8. The molecule has 2 aromatic rings. The molecule has 0 saturated carbocycles. The molecule has 4 rings (SSSR count). The second-order valence-corrected chi connectivity index (χ2v) is 11.2. The number of rotatable bonds is 6. The van der Waals surface area contributed by atoms with Gasteiger partial charge in [-0.3, -0.25) is 9.69 Å². The number of piperidine rings is 1. The van der Waals surface area contributed by atoms with Crippen molar-refractivity contribution in [3.63, 3.8) is 0 Å². The van der Waals surface area contributed by atoms with Gasteiger partial charge in [0.1, 0.15) is 0 Å². The van der Waals surface area contributed by atoms with E-state index in [0.29, 0.717) is 47.9 Å². The second kappa shape index (κ2) is 11.8. The van der Waals surface area contributed by atoms with Gasteiger partial charge in [0.15, 0.2) is 0 Å². The van der Waals surface area contributed by atoms with Crippen LogP contribution in [0.25, 0.3) is 0 Å². The van der Waals surface area contributed by atoms with Gasteiger partial charge in [0.25, 0.3) is 0 Å². The third kappa shape index (κ3) is 6.34. The van der Waals surface area contributed by atoms with Crippen molar-refractivity contribution in [1.82, 2.24) is 14.7 Å². The van der Waals surface area contributed by atoms with Crippen LogP contribution in [0.15, 0.2) is 48.5 Å². The van der Waals surface area contributed by atoms with E-state index in [2.05, 4.69) is 47.9 Å². The van der Waals surface area contributed by atoms with E-state index in [-0.39, 0.29) is 24.0 Å². The molecule has 0 bridgehead atoms. The van der Waals surface area contributed by atoms with Crippen molar-refractivity contribution < 1.29 is 9.59 Å². The maximum atomic E-state index is 13.5. The molecule has 194 valence electrons. The van der Waals surface area contributed by atoms with E-state index in [4.69, 9.17) is 28.9 Å². The minimum atomic E-state index is -0.369. The molecule has 2 saturated heterocycles. The quantitative estimate of drug-likeness (QED) is 0.540. The van der Waals surface area contributed by atoms with Crippen LogP contribution in [0.1, 0.15) is 50.3 Å². The third-order valence-electron chi connectivity index (χ3n) is 7.67. The fourth-order valence-electron chi connectivity index (χ4n) is 5.57. The van der Waals surface area contributed by atoms with Crippen molar-refractivity contribution in [2.45, 2.75) is 45.2 Å². The maximum absolute atomic E-state index is 13.5. The van der Waals surface area contributed by atoms with E-state index >= 15 is 0 Å². The van der Waals surface area contributed by atoms with Crippen molar-refractivity contribution in [2.24, 2.45) is 17.6 Å². The van der Waals surface area contributed by atoms with Crippen molar-refractivity contribution >= 4 is 35.1 Å². The number of piperazine rings is 1. The van der Waals surface area contributed by atoms with Crippen molar-refractivity contribution in [1.29, 1.82) is 0 Å². The lowest BCUT2D eigenvalue weighted by atomic mass is 9.90. The number of amides is 3. The first-order chi connectivity index (χ1) is 17.2. The maximum Gasteiger partial charge on any atom is 0.314 e. The summed E-state index contributed by atoms with van der Waals surface area (Å²) in [6.45, 7) is 7.93. The monoisotopic (exact) mass is 530 g/mol. The van der Waals surface area contributed by atoms with Gasteiger partial charge in [-0.2, -0.15) is 0 Å². The largest absolute Gasteiger partial charge is 0.351 e. The Hall–Kier alpha value is -2.28. The Morgan fingerprint density at radius 3 is 1.89 bits per heavy atom. The van der Waals surface area contributed by atoms with Crippen LogP contribution in [-0.4, -0.2) is 65.4 Å². The van der Waals surface area contributed by atoms with Gasteiger partial charge >= 0.3 is 6.03 Å². The number of nitrogens with zero attached hydrogens (tertiary/aromatic N) is 3. The molecule has 1 unspecified atom stereocenters. The summed E-state index contributed by atoms with van der Waals surface area (Å²) in [6, 6.07) is 15.9. The molecule has 36 heavy (non-hydrogen) atoms. The summed E-state index contributed by atoms with van der Waals surface area (Å²) in [7, 11) is 0. The number of hydrogen-bond donors (Lipinski definition) is 1. The molecule has 0 radical (unpaired) electrons. The molecule has 2 fully saturated rings. The first kappa shape index (κ1) is 26.8. The number of carbonyl (C=O) groups is 2. The zero-order valence-electron chi connectivity index (χ0n) is 21.1. The van der Waals surface area contributed by atoms with E-state index in [0.717, 1.165) is 25.9 Å². The molecular formula is C28H36Cl2N4O2. The van der Waals surface area contributed by atoms with Gasteiger partial charge < -0.3 is 15.5 Å². The highest BCUT2D eigenvalue weighted by Crippen LogP contribution is 2.34. The first-order valence-corrected chi connectivity index (χ1v) is 13.6. The summed E-state index contributed by atoms with van der Waals surface area (Å²) in [5.74, 6) is 0.847. The number of urea groups is 1. The summed E-state index contributed by atoms with van der Waals surface area (Å²) < 4.78 is 0. The number of halogens is 2. The van der Waals surface area contributed by atoms with E-state index < -0.39 is 0 Å². The lowest BCUT2D eigenvalue weighted by molar-refractivity contribution is -0.139. The lowest BCUT2D eigenvalue weighted by Gasteiger charge is -2.47. The predicted molar refractivity (Wildman–Crippen MR) is 145 cm³/mol. The molecule has 3 amide bonds. The highest BCUT2D eigenvalue weighted by atomic mass is 35.5. The van der Waals surface area contributed by atoms with E-state index in [1.54, 1.807) is 4.90 Å². The summed E-state index contributed by atoms with van der Waals surface area (Å²) >= 11 is 12.4. The van der Waals surface area contributed by atoms with Crippen LogP contribution >= 0.6 is 23.2 Å². The van der Waals surface area contributed by atoms with Crippen molar-refractivity contribution in [3.05, 3.63) is 69.7 Å². The molecule has 0 aromatic heterocycles. The molecule has 2 heterocycles. The Morgan fingerprint density at radius 1 is 0.889 bits per heavy atom. The lowest BCUT2D eigenvalue weighted by Crippen LogP contribution is -2.58. The van der Waals surface area contributed by atoms with Gasteiger partial charge in [0.05, 0.1) is 6.04 Å². The number of nitrogens with two attached hydrogens (primary N) is 1. The SMILES string of the molecule is CC(C)C1CN(C(c2ccc(Cl)cc2)c2ccc(Cl)cc2)CCN1C(=O)CC1CCN(C(N)=O)CC1.